The van der Waals surface area contributed by atoms with Crippen LogP contribution >= 0.6 is 23.2 Å². The maximum absolute atomic E-state index is 12.9. The van der Waals surface area contributed by atoms with Gasteiger partial charge in [-0.05, 0) is 56.9 Å². The summed E-state index contributed by atoms with van der Waals surface area (Å²) < 4.78 is 1.08. The van der Waals surface area contributed by atoms with Gasteiger partial charge in [-0.15, -0.1) is 0 Å². The normalized spacial score (nSPS) is 16.8. The maximum atomic E-state index is 12.9. The zero-order chi connectivity index (χ0) is 21.9. The van der Waals surface area contributed by atoms with E-state index in [2.05, 4.69) is 46.0 Å². The SMILES string of the molecule is CN(C)[C@H]1CCN(c2ccc3nc(-c4cc5c(Cl)c(Cl)ccc5n(N)c4=O)[nH]c3c2)C1. The fourth-order valence-corrected chi connectivity index (χ4v) is 4.62. The minimum Gasteiger partial charge on any atom is -0.370 e. The van der Waals surface area contributed by atoms with Crippen LogP contribution in [-0.4, -0.2) is 52.8 Å². The summed E-state index contributed by atoms with van der Waals surface area (Å²) in [6, 6.07) is 11.7. The number of benzene rings is 2. The number of anilines is 1. The Bertz CT molecular complexity index is 1380. The highest BCUT2D eigenvalue weighted by Gasteiger charge is 2.24. The van der Waals surface area contributed by atoms with Crippen molar-refractivity contribution >= 4 is 50.8 Å². The number of H-pyrrole nitrogens is 1. The number of fused-ring (bicyclic) bond motifs is 2. The monoisotopic (exact) mass is 456 g/mol. The van der Waals surface area contributed by atoms with Crippen LogP contribution in [0, 0.1) is 0 Å². The molecule has 5 rings (SSSR count). The van der Waals surface area contributed by atoms with Gasteiger partial charge in [0.2, 0.25) is 0 Å². The maximum Gasteiger partial charge on any atom is 0.280 e. The molecule has 3 N–H and O–H groups in total. The molecule has 31 heavy (non-hydrogen) atoms. The van der Waals surface area contributed by atoms with Crippen LogP contribution in [0.4, 0.5) is 5.69 Å². The van der Waals surface area contributed by atoms with E-state index in [4.69, 9.17) is 29.0 Å². The molecule has 1 atom stereocenters. The summed E-state index contributed by atoms with van der Waals surface area (Å²) in [6.07, 6.45) is 1.13. The minimum atomic E-state index is -0.362. The highest BCUT2D eigenvalue weighted by molar-refractivity contribution is 6.45. The smallest absolute Gasteiger partial charge is 0.280 e. The Labute approximate surface area is 188 Å². The fourth-order valence-electron chi connectivity index (χ4n) is 4.24. The van der Waals surface area contributed by atoms with Crippen LogP contribution < -0.4 is 16.3 Å². The number of aromatic nitrogens is 3. The highest BCUT2D eigenvalue weighted by atomic mass is 35.5. The van der Waals surface area contributed by atoms with E-state index < -0.39 is 0 Å². The molecule has 1 fully saturated rings. The number of imidazole rings is 1. The summed E-state index contributed by atoms with van der Waals surface area (Å²) in [5.41, 5.74) is 3.26. The Hall–Kier alpha value is -2.74. The molecule has 7 nitrogen and oxygen atoms in total. The van der Waals surface area contributed by atoms with Crippen LogP contribution in [0.2, 0.25) is 10.0 Å². The number of likely N-dealkylation sites (N-methyl/N-ethyl adjacent to an activating group) is 1. The third-order valence-corrected chi connectivity index (χ3v) is 6.91. The lowest BCUT2D eigenvalue weighted by molar-refractivity contribution is 0.315. The minimum absolute atomic E-state index is 0.339. The lowest BCUT2D eigenvalue weighted by atomic mass is 10.1. The molecule has 0 unspecified atom stereocenters. The second kappa shape index (κ2) is 7.44. The molecule has 2 aromatic heterocycles. The summed E-state index contributed by atoms with van der Waals surface area (Å²) in [6.45, 7) is 2.00. The first kappa shape index (κ1) is 20.2. The van der Waals surface area contributed by atoms with E-state index in [1.165, 1.54) is 0 Å². The van der Waals surface area contributed by atoms with Crippen molar-refractivity contribution in [2.24, 2.45) is 0 Å². The molecular formula is C22H22Cl2N6O. The van der Waals surface area contributed by atoms with Crippen molar-refractivity contribution in [3.05, 3.63) is 56.8 Å². The van der Waals surface area contributed by atoms with Crippen LogP contribution in [0.25, 0.3) is 33.3 Å². The topological polar surface area (TPSA) is 83.2 Å². The van der Waals surface area contributed by atoms with E-state index in [0.717, 1.165) is 40.9 Å². The summed E-state index contributed by atoms with van der Waals surface area (Å²) in [7, 11) is 4.23. The average Bonchev–Trinajstić information content (AvgIpc) is 3.40. The first-order chi connectivity index (χ1) is 14.8. The standard InChI is InChI=1S/C22H22Cl2N6O/c1-28(2)13-7-8-29(11-13)12-3-5-17-18(9-12)27-21(26-17)15-10-14-19(30(25)22(15)31)6-4-16(23)20(14)24/h3-6,9-10,13H,7-8,11,25H2,1-2H3,(H,26,27)/t13-/m0/s1. The van der Waals surface area contributed by atoms with E-state index in [9.17, 15) is 4.79 Å². The summed E-state index contributed by atoms with van der Waals surface area (Å²) in [4.78, 5) is 25.5. The number of hydrogen-bond donors (Lipinski definition) is 2. The van der Waals surface area contributed by atoms with Crippen molar-refractivity contribution < 1.29 is 0 Å². The quantitative estimate of drug-likeness (QED) is 0.459. The van der Waals surface area contributed by atoms with Gasteiger partial charge in [0, 0.05) is 30.2 Å². The van der Waals surface area contributed by atoms with Crippen molar-refractivity contribution in [1.29, 1.82) is 0 Å². The van der Waals surface area contributed by atoms with Gasteiger partial charge in [-0.2, -0.15) is 0 Å². The van der Waals surface area contributed by atoms with Crippen molar-refractivity contribution in [1.82, 2.24) is 19.5 Å². The number of nitrogens with zero attached hydrogens (tertiary/aromatic N) is 4. The number of pyridine rings is 1. The molecule has 0 spiro atoms. The van der Waals surface area contributed by atoms with Crippen LogP contribution in [0.15, 0.2) is 41.2 Å². The van der Waals surface area contributed by atoms with Gasteiger partial charge in [-0.1, -0.05) is 23.2 Å². The average molecular weight is 457 g/mol. The third-order valence-electron chi connectivity index (χ3n) is 6.09. The number of rotatable bonds is 3. The summed E-state index contributed by atoms with van der Waals surface area (Å²) in [5.74, 6) is 6.51. The molecule has 0 aliphatic carbocycles. The fraction of sp³-hybridized carbons (Fsp3) is 0.273. The van der Waals surface area contributed by atoms with Crippen molar-refractivity contribution in [2.45, 2.75) is 12.5 Å². The zero-order valence-corrected chi connectivity index (χ0v) is 18.7. The Morgan fingerprint density at radius 3 is 2.74 bits per heavy atom. The molecule has 1 aliphatic heterocycles. The number of nitrogens with two attached hydrogens (primary N) is 1. The van der Waals surface area contributed by atoms with Crippen LogP contribution in [0.3, 0.4) is 0 Å². The number of aromatic amines is 1. The van der Waals surface area contributed by atoms with Gasteiger partial charge in [0.15, 0.2) is 0 Å². The Morgan fingerprint density at radius 2 is 2.00 bits per heavy atom. The molecule has 1 aliphatic rings. The molecule has 0 bridgehead atoms. The van der Waals surface area contributed by atoms with E-state index >= 15 is 0 Å². The van der Waals surface area contributed by atoms with E-state index in [0.29, 0.717) is 38.4 Å². The zero-order valence-electron chi connectivity index (χ0n) is 17.2. The predicted molar refractivity (Wildman–Crippen MR) is 128 cm³/mol. The second-order valence-electron chi connectivity index (χ2n) is 8.17. The van der Waals surface area contributed by atoms with E-state index in [1.54, 1.807) is 18.2 Å². The summed E-state index contributed by atoms with van der Waals surface area (Å²) >= 11 is 12.5. The number of nitrogen functional groups attached to an aromatic ring is 1. The second-order valence-corrected chi connectivity index (χ2v) is 8.95. The van der Waals surface area contributed by atoms with Gasteiger partial charge in [-0.3, -0.25) is 4.79 Å². The molecule has 3 heterocycles. The Kier molecular flexibility index (Phi) is 4.84. The Balaban J connectivity index is 1.58. The number of nitrogens with one attached hydrogen (secondary N) is 1. The lowest BCUT2D eigenvalue weighted by Crippen LogP contribution is -2.31. The Morgan fingerprint density at radius 1 is 1.19 bits per heavy atom. The van der Waals surface area contributed by atoms with Gasteiger partial charge in [0.05, 0.1) is 32.2 Å². The summed E-state index contributed by atoms with van der Waals surface area (Å²) in [5, 5.41) is 1.34. The van der Waals surface area contributed by atoms with Gasteiger partial charge < -0.3 is 20.6 Å². The molecule has 0 saturated carbocycles. The molecular weight excluding hydrogens is 435 g/mol. The van der Waals surface area contributed by atoms with Gasteiger partial charge in [0.1, 0.15) is 5.82 Å². The van der Waals surface area contributed by atoms with E-state index in [1.807, 2.05) is 6.07 Å². The molecule has 9 heteroatoms. The largest absolute Gasteiger partial charge is 0.370 e. The first-order valence-corrected chi connectivity index (χ1v) is 10.8. The third kappa shape index (κ3) is 3.33. The lowest BCUT2D eigenvalue weighted by Gasteiger charge is -2.21. The van der Waals surface area contributed by atoms with Gasteiger partial charge >= 0.3 is 0 Å². The molecule has 1 saturated heterocycles. The van der Waals surface area contributed by atoms with Crippen molar-refractivity contribution in [3.8, 4) is 11.4 Å². The highest BCUT2D eigenvalue weighted by Crippen LogP contribution is 2.32. The molecule has 0 amide bonds. The van der Waals surface area contributed by atoms with Gasteiger partial charge in [0.25, 0.3) is 5.56 Å². The van der Waals surface area contributed by atoms with Gasteiger partial charge in [-0.25, -0.2) is 9.66 Å². The molecule has 2 aromatic carbocycles. The van der Waals surface area contributed by atoms with Crippen molar-refractivity contribution in [2.75, 3.05) is 37.9 Å². The van der Waals surface area contributed by atoms with Crippen molar-refractivity contribution in [3.63, 3.8) is 0 Å². The van der Waals surface area contributed by atoms with Crippen LogP contribution in [0.5, 0.6) is 0 Å². The molecule has 4 aromatic rings. The molecule has 160 valence electrons. The predicted octanol–water partition coefficient (Wildman–Crippen LogP) is 3.71. The number of hydrogen-bond acceptors (Lipinski definition) is 5. The molecule has 0 radical (unpaired) electrons. The van der Waals surface area contributed by atoms with Crippen LogP contribution in [-0.2, 0) is 0 Å². The van der Waals surface area contributed by atoms with E-state index in [-0.39, 0.29) is 5.56 Å². The first-order valence-electron chi connectivity index (χ1n) is 10.0. The van der Waals surface area contributed by atoms with Crippen LogP contribution in [0.1, 0.15) is 6.42 Å². The number of halogens is 2.